The zero-order chi connectivity index (χ0) is 11.0. The molecule has 2 saturated carbocycles. The third-order valence-electron chi connectivity index (χ3n) is 4.80. The van der Waals surface area contributed by atoms with Gasteiger partial charge in [0.1, 0.15) is 0 Å². The highest BCUT2D eigenvalue weighted by atomic mass is 16.5. The Balaban J connectivity index is 1.56. The predicted molar refractivity (Wildman–Crippen MR) is 62.8 cm³/mol. The maximum absolute atomic E-state index is 10.2. The van der Waals surface area contributed by atoms with Crippen molar-refractivity contribution in [1.82, 2.24) is 0 Å². The second-order valence-corrected chi connectivity index (χ2v) is 5.85. The standard InChI is InChI=1S/C14H22O2/c15-14(12-2-1-5-16-9-12)8-13-7-10-3-4-11(13)6-10/h9-11,13-15H,1-8H2. The number of ether oxygens (including phenoxy) is 1. The maximum Gasteiger partial charge on any atom is 0.0876 e. The Bertz CT molecular complexity index is 284. The van der Waals surface area contributed by atoms with Crippen molar-refractivity contribution in [3.63, 3.8) is 0 Å². The van der Waals surface area contributed by atoms with Gasteiger partial charge in [0.15, 0.2) is 0 Å². The van der Waals surface area contributed by atoms with E-state index in [0.29, 0.717) is 0 Å². The highest BCUT2D eigenvalue weighted by Gasteiger charge is 2.40. The number of aliphatic hydroxyl groups excluding tert-OH is 1. The molecule has 2 aliphatic carbocycles. The first-order valence-corrected chi connectivity index (χ1v) is 6.81. The summed E-state index contributed by atoms with van der Waals surface area (Å²) < 4.78 is 5.31. The zero-order valence-electron chi connectivity index (χ0n) is 9.90. The fourth-order valence-electron chi connectivity index (χ4n) is 3.93. The Hall–Kier alpha value is -0.500. The molecule has 2 heteroatoms. The Morgan fingerprint density at radius 1 is 1.38 bits per heavy atom. The molecule has 0 saturated heterocycles. The van der Waals surface area contributed by atoms with E-state index in [1.807, 2.05) is 0 Å². The summed E-state index contributed by atoms with van der Waals surface area (Å²) in [5.41, 5.74) is 1.13. The van der Waals surface area contributed by atoms with Gasteiger partial charge in [-0.2, -0.15) is 0 Å². The van der Waals surface area contributed by atoms with Gasteiger partial charge in [-0.1, -0.05) is 6.42 Å². The number of fused-ring (bicyclic) bond motifs is 2. The first-order chi connectivity index (χ1) is 7.83. The monoisotopic (exact) mass is 222 g/mol. The molecular formula is C14H22O2. The van der Waals surface area contributed by atoms with Crippen molar-refractivity contribution >= 4 is 0 Å². The van der Waals surface area contributed by atoms with Crippen LogP contribution in [0.1, 0.15) is 44.9 Å². The number of hydrogen-bond donors (Lipinski definition) is 1. The van der Waals surface area contributed by atoms with E-state index in [1.165, 1.54) is 25.7 Å². The summed E-state index contributed by atoms with van der Waals surface area (Å²) >= 11 is 0. The van der Waals surface area contributed by atoms with E-state index in [1.54, 1.807) is 6.26 Å². The fraction of sp³-hybridized carbons (Fsp3) is 0.857. The van der Waals surface area contributed by atoms with Gasteiger partial charge >= 0.3 is 0 Å². The summed E-state index contributed by atoms with van der Waals surface area (Å²) in [5.74, 6) is 2.69. The van der Waals surface area contributed by atoms with Crippen molar-refractivity contribution in [2.24, 2.45) is 17.8 Å². The largest absolute Gasteiger partial charge is 0.501 e. The molecule has 4 atom stereocenters. The first-order valence-electron chi connectivity index (χ1n) is 6.81. The number of rotatable bonds is 3. The van der Waals surface area contributed by atoms with Crippen LogP contribution in [0.5, 0.6) is 0 Å². The molecule has 1 aliphatic heterocycles. The van der Waals surface area contributed by atoms with E-state index in [4.69, 9.17) is 4.74 Å². The predicted octanol–water partition coefficient (Wildman–Crippen LogP) is 2.87. The van der Waals surface area contributed by atoms with Crippen LogP contribution in [0.4, 0.5) is 0 Å². The van der Waals surface area contributed by atoms with Crippen LogP contribution in [-0.4, -0.2) is 17.8 Å². The van der Waals surface area contributed by atoms with E-state index in [2.05, 4.69) is 0 Å². The van der Waals surface area contributed by atoms with Gasteiger partial charge in [-0.15, -0.1) is 0 Å². The third-order valence-corrected chi connectivity index (χ3v) is 4.80. The van der Waals surface area contributed by atoms with Gasteiger partial charge in [0.25, 0.3) is 0 Å². The quantitative estimate of drug-likeness (QED) is 0.795. The molecule has 0 aromatic rings. The van der Waals surface area contributed by atoms with Gasteiger partial charge in [0.2, 0.25) is 0 Å². The molecule has 2 bridgehead atoms. The fourth-order valence-corrected chi connectivity index (χ4v) is 3.93. The van der Waals surface area contributed by atoms with E-state index in [-0.39, 0.29) is 6.10 Å². The van der Waals surface area contributed by atoms with Gasteiger partial charge in [-0.05, 0) is 61.9 Å². The molecule has 0 amide bonds. The average Bonchev–Trinajstić information content (AvgIpc) is 2.92. The number of aliphatic hydroxyl groups is 1. The normalized spacial score (nSPS) is 39.3. The van der Waals surface area contributed by atoms with Crippen LogP contribution < -0.4 is 0 Å². The highest BCUT2D eigenvalue weighted by molar-refractivity contribution is 5.08. The topological polar surface area (TPSA) is 29.5 Å². The summed E-state index contributed by atoms with van der Waals surface area (Å²) in [6, 6.07) is 0. The molecule has 16 heavy (non-hydrogen) atoms. The lowest BCUT2D eigenvalue weighted by Crippen LogP contribution is -2.21. The van der Waals surface area contributed by atoms with E-state index in [9.17, 15) is 5.11 Å². The van der Waals surface area contributed by atoms with Gasteiger partial charge in [0.05, 0.1) is 19.0 Å². The highest BCUT2D eigenvalue weighted by Crippen LogP contribution is 2.50. The minimum atomic E-state index is -0.232. The van der Waals surface area contributed by atoms with Crippen molar-refractivity contribution in [2.45, 2.75) is 51.0 Å². The summed E-state index contributed by atoms with van der Waals surface area (Å²) in [5, 5.41) is 10.2. The molecule has 0 spiro atoms. The van der Waals surface area contributed by atoms with Crippen LogP contribution in [0.2, 0.25) is 0 Å². The van der Waals surface area contributed by atoms with Crippen molar-refractivity contribution in [1.29, 1.82) is 0 Å². The average molecular weight is 222 g/mol. The molecule has 1 heterocycles. The lowest BCUT2D eigenvalue weighted by atomic mass is 9.83. The second kappa shape index (κ2) is 4.40. The van der Waals surface area contributed by atoms with Crippen molar-refractivity contribution < 1.29 is 9.84 Å². The Morgan fingerprint density at radius 3 is 2.94 bits per heavy atom. The lowest BCUT2D eigenvalue weighted by molar-refractivity contribution is 0.132. The molecule has 3 rings (SSSR count). The molecular weight excluding hydrogens is 200 g/mol. The van der Waals surface area contributed by atoms with E-state index >= 15 is 0 Å². The first kappa shape index (κ1) is 10.6. The van der Waals surface area contributed by atoms with Gasteiger partial charge in [-0.25, -0.2) is 0 Å². The third kappa shape index (κ3) is 2.00. The molecule has 0 aromatic heterocycles. The van der Waals surface area contributed by atoms with E-state index in [0.717, 1.165) is 49.2 Å². The summed E-state index contributed by atoms with van der Waals surface area (Å²) in [6.07, 6.45) is 10.3. The van der Waals surface area contributed by atoms with Crippen LogP contribution in [0.15, 0.2) is 11.8 Å². The van der Waals surface area contributed by atoms with Crippen LogP contribution >= 0.6 is 0 Å². The van der Waals surface area contributed by atoms with Crippen LogP contribution in [0.25, 0.3) is 0 Å². The SMILES string of the molecule is OC(CC1CC2CCC1C2)C1=COCCC1. The van der Waals surface area contributed by atoms with E-state index < -0.39 is 0 Å². The van der Waals surface area contributed by atoms with Crippen molar-refractivity contribution in [3.05, 3.63) is 11.8 Å². The maximum atomic E-state index is 10.2. The molecule has 1 N–H and O–H groups in total. The smallest absolute Gasteiger partial charge is 0.0876 e. The molecule has 2 fully saturated rings. The van der Waals surface area contributed by atoms with Crippen LogP contribution in [-0.2, 0) is 4.74 Å². The lowest BCUT2D eigenvalue weighted by Gasteiger charge is -2.26. The molecule has 0 radical (unpaired) electrons. The Kier molecular flexibility index (Phi) is 2.93. The summed E-state index contributed by atoms with van der Waals surface area (Å²) in [4.78, 5) is 0. The van der Waals surface area contributed by atoms with Gasteiger partial charge < -0.3 is 9.84 Å². The Morgan fingerprint density at radius 2 is 2.31 bits per heavy atom. The zero-order valence-corrected chi connectivity index (χ0v) is 9.90. The summed E-state index contributed by atoms with van der Waals surface area (Å²) in [6.45, 7) is 0.824. The minimum Gasteiger partial charge on any atom is -0.501 e. The summed E-state index contributed by atoms with van der Waals surface area (Å²) in [7, 11) is 0. The van der Waals surface area contributed by atoms with Crippen LogP contribution in [0, 0.1) is 17.8 Å². The molecule has 0 aromatic carbocycles. The molecule has 2 nitrogen and oxygen atoms in total. The van der Waals surface area contributed by atoms with Crippen LogP contribution in [0.3, 0.4) is 0 Å². The van der Waals surface area contributed by atoms with Crippen molar-refractivity contribution in [2.75, 3.05) is 6.61 Å². The molecule has 4 unspecified atom stereocenters. The number of hydrogen-bond acceptors (Lipinski definition) is 2. The Labute approximate surface area is 97.7 Å². The van der Waals surface area contributed by atoms with Crippen molar-refractivity contribution in [3.8, 4) is 0 Å². The molecule has 90 valence electrons. The van der Waals surface area contributed by atoms with Gasteiger partial charge in [-0.3, -0.25) is 0 Å². The second-order valence-electron chi connectivity index (χ2n) is 5.85. The minimum absolute atomic E-state index is 0.232. The van der Waals surface area contributed by atoms with Gasteiger partial charge in [0, 0.05) is 0 Å². The molecule has 3 aliphatic rings.